The van der Waals surface area contributed by atoms with Crippen LogP contribution in [0.15, 0.2) is 12.3 Å². The Morgan fingerprint density at radius 2 is 1.88 bits per heavy atom. The Kier molecular flexibility index (Phi) is 5.48. The average Bonchev–Trinajstić information content (AvgIpc) is 2.99. The molecule has 3 heterocycles. The van der Waals surface area contributed by atoms with Gasteiger partial charge in [-0.2, -0.15) is 0 Å². The normalized spacial score (nSPS) is 13.8. The van der Waals surface area contributed by atoms with Crippen molar-refractivity contribution in [3.63, 3.8) is 0 Å². The van der Waals surface area contributed by atoms with Gasteiger partial charge in [0.05, 0.1) is 21.7 Å². The summed E-state index contributed by atoms with van der Waals surface area (Å²) in [6, 6.07) is 2.18. The van der Waals surface area contributed by atoms with E-state index in [1.165, 1.54) is 0 Å². The van der Waals surface area contributed by atoms with Crippen molar-refractivity contribution < 1.29 is 5.11 Å². The summed E-state index contributed by atoms with van der Waals surface area (Å²) in [7, 11) is 0. The van der Waals surface area contributed by atoms with Crippen molar-refractivity contribution in [1.82, 2.24) is 19.9 Å². The van der Waals surface area contributed by atoms with E-state index in [-0.39, 0.29) is 18.6 Å². The number of anilines is 1. The van der Waals surface area contributed by atoms with E-state index in [4.69, 9.17) is 4.98 Å². The minimum absolute atomic E-state index is 0.183. The van der Waals surface area contributed by atoms with Crippen LogP contribution in [-0.4, -0.2) is 37.7 Å². The summed E-state index contributed by atoms with van der Waals surface area (Å²) in [5.74, 6) is 1.77. The van der Waals surface area contributed by atoms with Crippen molar-refractivity contribution >= 4 is 27.4 Å². The molecular weight excluding hydrogens is 346 g/mol. The molecule has 6 nitrogen and oxygen atoms in total. The molecule has 0 amide bonds. The summed E-state index contributed by atoms with van der Waals surface area (Å²) >= 11 is 1.63. The predicted molar refractivity (Wildman–Crippen MR) is 107 cm³/mol. The van der Waals surface area contributed by atoms with Crippen LogP contribution in [0.2, 0.25) is 0 Å². The molecule has 0 radical (unpaired) electrons. The lowest BCUT2D eigenvalue weighted by molar-refractivity contribution is 0.226. The Balaban J connectivity index is 2.04. The zero-order valence-electron chi connectivity index (χ0n) is 15.9. The van der Waals surface area contributed by atoms with E-state index in [0.29, 0.717) is 0 Å². The molecule has 0 saturated heterocycles. The van der Waals surface area contributed by atoms with Crippen LogP contribution in [0.5, 0.6) is 0 Å². The average molecular weight is 372 g/mol. The van der Waals surface area contributed by atoms with Crippen LogP contribution in [0.3, 0.4) is 0 Å². The number of pyridine rings is 1. The van der Waals surface area contributed by atoms with Gasteiger partial charge in [0.2, 0.25) is 0 Å². The zero-order chi connectivity index (χ0) is 18.8. The number of aliphatic hydroxyl groups excluding tert-OH is 1. The molecule has 2 N–H and O–H groups in total. The smallest absolute Gasteiger partial charge is 0.140 e. The molecule has 138 valence electrons. The van der Waals surface area contributed by atoms with Crippen LogP contribution in [0, 0.1) is 26.7 Å². The molecule has 26 heavy (non-hydrogen) atoms. The summed E-state index contributed by atoms with van der Waals surface area (Å²) in [6.45, 7) is 10.2. The topological polar surface area (TPSA) is 83.8 Å². The molecule has 0 bridgehead atoms. The first kappa shape index (κ1) is 18.7. The number of aromatic nitrogens is 4. The second-order valence-electron chi connectivity index (χ2n) is 6.91. The molecule has 0 aliphatic carbocycles. The van der Waals surface area contributed by atoms with Gasteiger partial charge in [-0.15, -0.1) is 11.3 Å². The van der Waals surface area contributed by atoms with Gasteiger partial charge in [-0.05, 0) is 46.1 Å². The molecule has 0 fully saturated rings. The maximum Gasteiger partial charge on any atom is 0.140 e. The Morgan fingerprint density at radius 1 is 1.12 bits per heavy atom. The molecule has 3 rings (SSSR count). The second kappa shape index (κ2) is 7.63. The standard InChI is InChI=1S/C19H25N5OS/c1-10(9-25)8-11(2)21-18-16(12(3)22-14(5)23-18)19-24-17-13(4)20-7-6-15(17)26-19/h6-7,10-11,25H,8-9H2,1-5H3,(H,21,22,23). The van der Waals surface area contributed by atoms with Gasteiger partial charge in [-0.25, -0.2) is 15.0 Å². The Morgan fingerprint density at radius 3 is 2.58 bits per heavy atom. The van der Waals surface area contributed by atoms with E-state index in [9.17, 15) is 5.11 Å². The molecule has 7 heteroatoms. The van der Waals surface area contributed by atoms with Crippen LogP contribution >= 0.6 is 11.3 Å². The maximum atomic E-state index is 9.31. The number of hydrogen-bond acceptors (Lipinski definition) is 7. The highest BCUT2D eigenvalue weighted by Crippen LogP contribution is 2.36. The number of thiazole rings is 1. The first-order valence-electron chi connectivity index (χ1n) is 8.84. The second-order valence-corrected chi connectivity index (χ2v) is 7.94. The van der Waals surface area contributed by atoms with Crippen molar-refractivity contribution in [1.29, 1.82) is 0 Å². The minimum atomic E-state index is 0.183. The Labute approximate surface area is 157 Å². The van der Waals surface area contributed by atoms with Gasteiger partial charge in [0.1, 0.15) is 22.2 Å². The first-order chi connectivity index (χ1) is 12.4. The Hall–Kier alpha value is -2.12. The number of fused-ring (bicyclic) bond motifs is 1. The predicted octanol–water partition coefficient (Wildman–Crippen LogP) is 3.89. The highest BCUT2D eigenvalue weighted by Gasteiger charge is 2.19. The van der Waals surface area contributed by atoms with Crippen molar-refractivity contribution in [2.24, 2.45) is 5.92 Å². The monoisotopic (exact) mass is 371 g/mol. The van der Waals surface area contributed by atoms with Crippen LogP contribution in [-0.2, 0) is 0 Å². The lowest BCUT2D eigenvalue weighted by Crippen LogP contribution is -2.21. The number of hydrogen-bond donors (Lipinski definition) is 2. The minimum Gasteiger partial charge on any atom is -0.396 e. The number of nitrogens with zero attached hydrogens (tertiary/aromatic N) is 4. The summed E-state index contributed by atoms with van der Waals surface area (Å²) in [5, 5.41) is 13.7. The van der Waals surface area contributed by atoms with E-state index in [1.54, 1.807) is 11.3 Å². The maximum absolute atomic E-state index is 9.31. The summed E-state index contributed by atoms with van der Waals surface area (Å²) in [4.78, 5) is 18.3. The molecule has 3 aromatic rings. The van der Waals surface area contributed by atoms with Gasteiger partial charge < -0.3 is 10.4 Å². The molecule has 2 atom stereocenters. The summed E-state index contributed by atoms with van der Waals surface area (Å²) in [6.07, 6.45) is 2.68. The van der Waals surface area contributed by atoms with Gasteiger partial charge in [0.25, 0.3) is 0 Å². The molecule has 0 aromatic carbocycles. The number of nitrogens with one attached hydrogen (secondary N) is 1. The molecule has 2 unspecified atom stereocenters. The number of aliphatic hydroxyl groups is 1. The number of rotatable bonds is 6. The van der Waals surface area contributed by atoms with Crippen molar-refractivity contribution in [3.8, 4) is 10.6 Å². The van der Waals surface area contributed by atoms with E-state index in [0.717, 1.165) is 50.2 Å². The van der Waals surface area contributed by atoms with Crippen LogP contribution in [0.4, 0.5) is 5.82 Å². The first-order valence-corrected chi connectivity index (χ1v) is 9.65. The third-order valence-corrected chi connectivity index (χ3v) is 5.39. The third-order valence-electron chi connectivity index (χ3n) is 4.36. The van der Waals surface area contributed by atoms with E-state index < -0.39 is 0 Å². The van der Waals surface area contributed by atoms with Gasteiger partial charge in [0.15, 0.2) is 0 Å². The van der Waals surface area contributed by atoms with Gasteiger partial charge >= 0.3 is 0 Å². The zero-order valence-corrected chi connectivity index (χ0v) is 16.7. The van der Waals surface area contributed by atoms with Crippen LogP contribution < -0.4 is 5.32 Å². The van der Waals surface area contributed by atoms with Crippen molar-refractivity contribution in [3.05, 3.63) is 29.5 Å². The lowest BCUT2D eigenvalue weighted by atomic mass is 10.0. The van der Waals surface area contributed by atoms with E-state index in [1.807, 2.05) is 40.0 Å². The van der Waals surface area contributed by atoms with Crippen LogP contribution in [0.25, 0.3) is 20.8 Å². The highest BCUT2D eigenvalue weighted by molar-refractivity contribution is 7.21. The van der Waals surface area contributed by atoms with Crippen molar-refractivity contribution in [2.45, 2.75) is 47.1 Å². The Bertz CT molecular complexity index is 924. The fraction of sp³-hybridized carbons (Fsp3) is 0.474. The lowest BCUT2D eigenvalue weighted by Gasteiger charge is -2.20. The molecule has 0 saturated carbocycles. The van der Waals surface area contributed by atoms with Gasteiger partial charge in [-0.1, -0.05) is 6.92 Å². The van der Waals surface area contributed by atoms with E-state index in [2.05, 4.69) is 27.2 Å². The fourth-order valence-electron chi connectivity index (χ4n) is 3.13. The quantitative estimate of drug-likeness (QED) is 0.684. The fourth-order valence-corrected chi connectivity index (χ4v) is 4.24. The number of aryl methyl sites for hydroxylation is 3. The van der Waals surface area contributed by atoms with Crippen molar-refractivity contribution in [2.75, 3.05) is 11.9 Å². The summed E-state index contributed by atoms with van der Waals surface area (Å²) in [5.41, 5.74) is 3.71. The highest BCUT2D eigenvalue weighted by atomic mass is 32.1. The summed E-state index contributed by atoms with van der Waals surface area (Å²) < 4.78 is 1.11. The van der Waals surface area contributed by atoms with E-state index >= 15 is 0 Å². The molecular formula is C19H25N5OS. The third kappa shape index (κ3) is 3.83. The SMILES string of the molecule is Cc1nc(C)c(-c2nc3c(C)nccc3s2)c(NC(C)CC(C)CO)n1. The van der Waals surface area contributed by atoms with Gasteiger partial charge in [0, 0.05) is 18.8 Å². The van der Waals surface area contributed by atoms with Gasteiger partial charge in [-0.3, -0.25) is 4.98 Å². The molecule has 3 aromatic heterocycles. The van der Waals surface area contributed by atoms with Crippen LogP contribution in [0.1, 0.15) is 37.5 Å². The molecule has 0 aliphatic heterocycles. The largest absolute Gasteiger partial charge is 0.396 e. The molecule has 0 spiro atoms. The molecule has 0 aliphatic rings.